The molecule has 9 heteroatoms. The van der Waals surface area contributed by atoms with Crippen molar-refractivity contribution in [3.8, 4) is 0 Å². The number of pyridine rings is 1. The molecule has 1 heterocycles. The molecule has 2 rings (SSSR count). The summed E-state index contributed by atoms with van der Waals surface area (Å²) in [5, 5.41) is 10.5. The van der Waals surface area contributed by atoms with Crippen LogP contribution in [-0.2, 0) is 15.6 Å². The summed E-state index contributed by atoms with van der Waals surface area (Å²) in [4.78, 5) is 13.9. The van der Waals surface area contributed by atoms with Gasteiger partial charge in [0.1, 0.15) is 0 Å². The van der Waals surface area contributed by atoms with Crippen molar-refractivity contribution in [3.05, 3.63) is 56.7 Å². The maximum Gasteiger partial charge on any atom is 0.270 e. The maximum atomic E-state index is 12.3. The molecule has 0 fully saturated rings. The largest absolute Gasteiger partial charge is 0.396 e. The van der Waals surface area contributed by atoms with Gasteiger partial charge in [0.25, 0.3) is 5.69 Å². The number of nitrogen functional groups attached to an aromatic ring is 1. The number of benzene rings is 1. The van der Waals surface area contributed by atoms with Crippen molar-refractivity contribution < 1.29 is 13.3 Å². The first kappa shape index (κ1) is 15.4. The molecule has 2 aromatic rings. The van der Waals surface area contributed by atoms with Gasteiger partial charge in [0.2, 0.25) is 9.84 Å². The molecule has 0 aliphatic heterocycles. The molecule has 0 saturated heterocycles. The summed E-state index contributed by atoms with van der Waals surface area (Å²) in [7, 11) is -3.74. The van der Waals surface area contributed by atoms with Crippen molar-refractivity contribution in [2.45, 2.75) is 10.8 Å². The average molecular weight is 372 g/mol. The van der Waals surface area contributed by atoms with Gasteiger partial charge in [-0.1, -0.05) is 22.0 Å². The monoisotopic (exact) mass is 371 g/mol. The van der Waals surface area contributed by atoms with Crippen LogP contribution in [0.2, 0.25) is 0 Å². The summed E-state index contributed by atoms with van der Waals surface area (Å²) in [5.74, 6) is -0.354. The van der Waals surface area contributed by atoms with Crippen molar-refractivity contribution in [2.24, 2.45) is 0 Å². The summed E-state index contributed by atoms with van der Waals surface area (Å²) >= 11 is 3.14. The van der Waals surface area contributed by atoms with Crippen LogP contribution in [0.5, 0.6) is 0 Å². The standard InChI is InChI=1S/C12H10BrN3O4S/c13-10-6-9(16(17)18)4-3-8(10)7-21(19,20)12-11(14)2-1-5-15-12/h1-6H,7,14H2. The van der Waals surface area contributed by atoms with E-state index in [1.165, 1.54) is 36.5 Å². The molecule has 110 valence electrons. The molecule has 2 N–H and O–H groups in total. The van der Waals surface area contributed by atoms with Crippen molar-refractivity contribution in [2.75, 3.05) is 5.73 Å². The number of nitrogens with two attached hydrogens (primary N) is 1. The lowest BCUT2D eigenvalue weighted by atomic mass is 10.2. The lowest BCUT2D eigenvalue weighted by Gasteiger charge is -2.07. The number of nitrogens with zero attached hydrogens (tertiary/aromatic N) is 2. The smallest absolute Gasteiger partial charge is 0.270 e. The fourth-order valence-electron chi connectivity index (χ4n) is 1.70. The number of sulfone groups is 1. The van der Waals surface area contributed by atoms with E-state index in [9.17, 15) is 18.5 Å². The fourth-order valence-corrected chi connectivity index (χ4v) is 3.84. The van der Waals surface area contributed by atoms with E-state index in [1.54, 1.807) is 0 Å². The summed E-state index contributed by atoms with van der Waals surface area (Å²) in [6.45, 7) is 0. The first-order valence-corrected chi connectivity index (χ1v) is 8.12. The van der Waals surface area contributed by atoms with Crippen LogP contribution in [0.1, 0.15) is 5.56 Å². The predicted octanol–water partition coefficient (Wildman–Crippen LogP) is 2.31. The first-order chi connectivity index (χ1) is 9.81. The molecular formula is C12H10BrN3O4S. The topological polar surface area (TPSA) is 116 Å². The molecule has 0 unspecified atom stereocenters. The van der Waals surface area contributed by atoms with E-state index in [4.69, 9.17) is 5.73 Å². The highest BCUT2D eigenvalue weighted by Gasteiger charge is 2.21. The van der Waals surface area contributed by atoms with E-state index in [-0.39, 0.29) is 22.2 Å². The normalized spacial score (nSPS) is 11.3. The van der Waals surface area contributed by atoms with Crippen LogP contribution >= 0.6 is 15.9 Å². The van der Waals surface area contributed by atoms with Crippen LogP contribution in [0.15, 0.2) is 46.0 Å². The minimum atomic E-state index is -3.74. The molecule has 0 atom stereocenters. The quantitative estimate of drug-likeness (QED) is 0.650. The molecule has 0 aliphatic carbocycles. The summed E-state index contributed by atoms with van der Waals surface area (Å²) < 4.78 is 24.9. The summed E-state index contributed by atoms with van der Waals surface area (Å²) in [6.07, 6.45) is 1.34. The van der Waals surface area contributed by atoms with Crippen molar-refractivity contribution in [1.29, 1.82) is 0 Å². The third kappa shape index (κ3) is 3.37. The maximum absolute atomic E-state index is 12.3. The van der Waals surface area contributed by atoms with Crippen LogP contribution in [-0.4, -0.2) is 18.3 Å². The van der Waals surface area contributed by atoms with Gasteiger partial charge in [0, 0.05) is 22.8 Å². The van der Waals surface area contributed by atoms with Gasteiger partial charge in [0.15, 0.2) is 5.03 Å². The molecule has 0 spiro atoms. The second kappa shape index (κ2) is 5.78. The minimum absolute atomic E-state index is 0.0653. The number of nitro groups is 1. The van der Waals surface area contributed by atoms with Crippen LogP contribution < -0.4 is 5.73 Å². The average Bonchev–Trinajstić information content (AvgIpc) is 2.41. The van der Waals surface area contributed by atoms with Crippen LogP contribution in [0.4, 0.5) is 11.4 Å². The van der Waals surface area contributed by atoms with Gasteiger partial charge >= 0.3 is 0 Å². The van der Waals surface area contributed by atoms with Gasteiger partial charge in [-0.2, -0.15) is 0 Å². The van der Waals surface area contributed by atoms with Gasteiger partial charge in [0.05, 0.1) is 16.4 Å². The predicted molar refractivity (Wildman–Crippen MR) is 80.3 cm³/mol. The van der Waals surface area contributed by atoms with E-state index in [0.717, 1.165) is 0 Å². The molecular weight excluding hydrogens is 362 g/mol. The Kier molecular flexibility index (Phi) is 4.24. The lowest BCUT2D eigenvalue weighted by molar-refractivity contribution is -0.384. The molecule has 0 amide bonds. The Morgan fingerprint density at radius 2 is 2.05 bits per heavy atom. The summed E-state index contributed by atoms with van der Waals surface area (Å²) in [6, 6.07) is 6.88. The Morgan fingerprint density at radius 1 is 1.33 bits per heavy atom. The highest BCUT2D eigenvalue weighted by molar-refractivity contribution is 9.10. The van der Waals surface area contributed by atoms with Crippen LogP contribution in [0, 0.1) is 10.1 Å². The number of rotatable bonds is 4. The van der Waals surface area contributed by atoms with Crippen molar-refractivity contribution >= 4 is 37.1 Å². The van der Waals surface area contributed by atoms with E-state index in [1.807, 2.05) is 0 Å². The highest BCUT2D eigenvalue weighted by atomic mass is 79.9. The van der Waals surface area contributed by atoms with Crippen molar-refractivity contribution in [1.82, 2.24) is 4.98 Å². The number of hydrogen-bond acceptors (Lipinski definition) is 6. The lowest BCUT2D eigenvalue weighted by Crippen LogP contribution is -2.10. The number of non-ortho nitro benzene ring substituents is 1. The molecule has 0 aliphatic rings. The highest BCUT2D eigenvalue weighted by Crippen LogP contribution is 2.27. The second-order valence-electron chi connectivity index (χ2n) is 4.19. The number of hydrogen-bond donors (Lipinski definition) is 1. The Labute approximate surface area is 129 Å². The Balaban J connectivity index is 2.38. The zero-order valence-electron chi connectivity index (χ0n) is 10.6. The Bertz CT molecular complexity index is 808. The number of halogens is 1. The number of aromatic nitrogens is 1. The van der Waals surface area contributed by atoms with Gasteiger partial charge in [-0.05, 0) is 17.7 Å². The first-order valence-electron chi connectivity index (χ1n) is 5.67. The van der Waals surface area contributed by atoms with Crippen molar-refractivity contribution in [3.63, 3.8) is 0 Å². The van der Waals surface area contributed by atoms with Gasteiger partial charge in [-0.3, -0.25) is 10.1 Å². The second-order valence-corrected chi connectivity index (χ2v) is 6.95. The van der Waals surface area contributed by atoms with Gasteiger partial charge in [-0.15, -0.1) is 0 Å². The van der Waals surface area contributed by atoms with Crippen LogP contribution in [0.25, 0.3) is 0 Å². The third-order valence-corrected chi connectivity index (χ3v) is 5.05. The Hall–Kier alpha value is -2.00. The van der Waals surface area contributed by atoms with Gasteiger partial charge in [-0.25, -0.2) is 13.4 Å². The zero-order chi connectivity index (χ0) is 15.6. The van der Waals surface area contributed by atoms with E-state index in [0.29, 0.717) is 10.0 Å². The Morgan fingerprint density at radius 3 is 2.62 bits per heavy atom. The molecule has 0 saturated carbocycles. The van der Waals surface area contributed by atoms with E-state index in [2.05, 4.69) is 20.9 Å². The van der Waals surface area contributed by atoms with Crippen LogP contribution in [0.3, 0.4) is 0 Å². The fraction of sp³-hybridized carbons (Fsp3) is 0.0833. The van der Waals surface area contributed by atoms with E-state index < -0.39 is 14.8 Å². The molecule has 0 radical (unpaired) electrons. The summed E-state index contributed by atoms with van der Waals surface area (Å²) in [5.41, 5.74) is 5.95. The molecule has 1 aromatic carbocycles. The number of nitro benzene ring substituents is 1. The third-order valence-electron chi connectivity index (χ3n) is 2.69. The SMILES string of the molecule is Nc1cccnc1S(=O)(=O)Cc1ccc([N+](=O)[O-])cc1Br. The van der Waals surface area contributed by atoms with Gasteiger partial charge < -0.3 is 5.73 Å². The molecule has 7 nitrogen and oxygen atoms in total. The molecule has 1 aromatic heterocycles. The molecule has 21 heavy (non-hydrogen) atoms. The van der Waals surface area contributed by atoms with E-state index >= 15 is 0 Å². The molecule has 0 bridgehead atoms. The zero-order valence-corrected chi connectivity index (χ0v) is 13.0. The minimum Gasteiger partial charge on any atom is -0.396 e. The number of anilines is 1.